The highest BCUT2D eigenvalue weighted by Gasteiger charge is 2.46. The molecular weight excluding hydrogens is 681 g/mol. The Hall–Kier alpha value is -6.16. The van der Waals surface area contributed by atoms with Crippen LogP contribution in [0.25, 0.3) is 43.8 Å². The van der Waals surface area contributed by atoms with Crippen molar-refractivity contribution in [3.63, 3.8) is 0 Å². The molecule has 3 heteroatoms. The van der Waals surface area contributed by atoms with Crippen LogP contribution >= 0.6 is 0 Å². The van der Waals surface area contributed by atoms with Gasteiger partial charge >= 0.3 is 0 Å². The first-order valence-corrected chi connectivity index (χ1v) is 20.1. The van der Waals surface area contributed by atoms with Gasteiger partial charge in [0.1, 0.15) is 11.4 Å². The summed E-state index contributed by atoms with van der Waals surface area (Å²) in [6, 6.07) is 49.2. The fraction of sp³-hybridized carbons (Fsp3) is 0.170. The van der Waals surface area contributed by atoms with Gasteiger partial charge in [0.25, 0.3) is 0 Å². The molecule has 0 N–H and O–H groups in total. The first-order chi connectivity index (χ1) is 27.5. The average molecular weight is 725 g/mol. The molecular formula is C53H44N2O. The van der Waals surface area contributed by atoms with Crippen LogP contribution in [-0.4, -0.2) is 28.2 Å². The Labute approximate surface area is 328 Å². The quantitative estimate of drug-likeness (QED) is 0.176. The number of hydrogen-bond donors (Lipinski definition) is 0. The summed E-state index contributed by atoms with van der Waals surface area (Å²) in [5.41, 5.74) is 11.0. The monoisotopic (exact) mass is 724 g/mol. The molecule has 6 aromatic carbocycles. The number of allylic oxidation sites excluding steroid dienone is 4. The van der Waals surface area contributed by atoms with Crippen LogP contribution in [0.2, 0.25) is 0 Å². The maximum absolute atomic E-state index is 7.29. The number of nitrogens with zero attached hydrogens (tertiary/aromatic N) is 2. The van der Waals surface area contributed by atoms with Gasteiger partial charge in [-0.1, -0.05) is 152 Å². The van der Waals surface area contributed by atoms with Crippen LogP contribution in [0, 0.1) is 0 Å². The summed E-state index contributed by atoms with van der Waals surface area (Å²) >= 11 is 0. The van der Waals surface area contributed by atoms with Crippen molar-refractivity contribution in [3.8, 4) is 11.4 Å². The zero-order chi connectivity index (χ0) is 37.4. The van der Waals surface area contributed by atoms with Crippen LogP contribution in [-0.2, 0) is 0 Å². The molecule has 0 saturated carbocycles. The molecule has 7 aromatic rings. The predicted molar refractivity (Wildman–Crippen MR) is 233 cm³/mol. The van der Waals surface area contributed by atoms with Crippen molar-refractivity contribution in [1.29, 1.82) is 0 Å². The van der Waals surface area contributed by atoms with E-state index in [1.165, 1.54) is 71.7 Å². The molecule has 11 rings (SSSR count). The van der Waals surface area contributed by atoms with Crippen LogP contribution in [0.5, 0.6) is 5.75 Å². The molecule has 5 unspecified atom stereocenters. The van der Waals surface area contributed by atoms with Crippen LogP contribution in [0.1, 0.15) is 59.9 Å². The van der Waals surface area contributed by atoms with Crippen molar-refractivity contribution in [2.75, 3.05) is 7.05 Å². The van der Waals surface area contributed by atoms with Gasteiger partial charge in [0.15, 0.2) is 0 Å². The summed E-state index contributed by atoms with van der Waals surface area (Å²) in [5.74, 6) is 1.51. The van der Waals surface area contributed by atoms with Crippen LogP contribution in [0.3, 0.4) is 0 Å². The molecule has 3 heterocycles. The van der Waals surface area contributed by atoms with Crippen molar-refractivity contribution in [2.45, 2.75) is 49.3 Å². The number of fused-ring (bicyclic) bond motifs is 8. The minimum atomic E-state index is -0.475. The van der Waals surface area contributed by atoms with E-state index >= 15 is 0 Å². The minimum Gasteiger partial charge on any atom is -0.482 e. The van der Waals surface area contributed by atoms with E-state index in [2.05, 4.69) is 206 Å². The van der Waals surface area contributed by atoms with Crippen LogP contribution in [0.15, 0.2) is 188 Å². The number of aromatic nitrogens is 1. The number of likely N-dealkylation sites (N-methyl/N-ethyl adjacent to an activating group) is 1. The summed E-state index contributed by atoms with van der Waals surface area (Å²) < 4.78 is 9.79. The van der Waals surface area contributed by atoms with E-state index in [9.17, 15) is 0 Å². The predicted octanol–water partition coefficient (Wildman–Crippen LogP) is 12.8. The molecule has 2 aliphatic carbocycles. The smallest absolute Gasteiger partial charge is 0.135 e. The first kappa shape index (κ1) is 33.2. The molecule has 0 fully saturated rings. The summed E-state index contributed by atoms with van der Waals surface area (Å²) in [5, 5.41) is 5.04. The fourth-order valence-electron chi connectivity index (χ4n) is 10.1. The Kier molecular flexibility index (Phi) is 7.69. The van der Waals surface area contributed by atoms with Crippen molar-refractivity contribution in [2.24, 2.45) is 0 Å². The van der Waals surface area contributed by atoms with Gasteiger partial charge in [-0.15, -0.1) is 0 Å². The summed E-state index contributed by atoms with van der Waals surface area (Å²) in [6.45, 7) is 2.26. The van der Waals surface area contributed by atoms with Gasteiger partial charge in [0.05, 0.1) is 17.1 Å². The number of ether oxygens (including phenoxy) is 1. The number of benzene rings is 6. The summed E-state index contributed by atoms with van der Waals surface area (Å²) in [6.07, 6.45) is 20.7. The van der Waals surface area contributed by atoms with Gasteiger partial charge < -0.3 is 9.30 Å². The molecule has 0 bridgehead atoms. The largest absolute Gasteiger partial charge is 0.482 e. The normalized spacial score (nSPS) is 24.2. The van der Waals surface area contributed by atoms with E-state index in [0.717, 1.165) is 18.6 Å². The van der Waals surface area contributed by atoms with Gasteiger partial charge in [-0.2, -0.15) is 0 Å². The van der Waals surface area contributed by atoms with E-state index in [1.807, 2.05) is 0 Å². The highest BCUT2D eigenvalue weighted by Crippen LogP contribution is 2.56. The molecule has 1 aromatic heterocycles. The molecule has 56 heavy (non-hydrogen) atoms. The molecule has 2 aliphatic heterocycles. The van der Waals surface area contributed by atoms with Gasteiger partial charge in [0.2, 0.25) is 0 Å². The van der Waals surface area contributed by atoms with Crippen molar-refractivity contribution >= 4 is 38.2 Å². The first-order valence-electron chi connectivity index (χ1n) is 20.1. The highest BCUT2D eigenvalue weighted by molar-refractivity contribution is 6.13. The minimum absolute atomic E-state index is 0.0901. The third kappa shape index (κ3) is 5.22. The SMILES string of the molecule is CN1C(C2=CCC(c3ccccc3)C=C2)C=C(c2cc3c(c4c2OC2(C)C=CC=CC42)c2ccccc2n3-c2ccc3ccccc3c2)CC1c1ccccc1. The Morgan fingerprint density at radius 3 is 2.27 bits per heavy atom. The summed E-state index contributed by atoms with van der Waals surface area (Å²) in [7, 11) is 2.31. The van der Waals surface area contributed by atoms with E-state index < -0.39 is 5.60 Å². The Morgan fingerprint density at radius 1 is 0.714 bits per heavy atom. The molecule has 0 saturated heterocycles. The van der Waals surface area contributed by atoms with Crippen LogP contribution < -0.4 is 4.74 Å². The second kappa shape index (κ2) is 13.0. The molecule has 0 spiro atoms. The molecule has 0 radical (unpaired) electrons. The van der Waals surface area contributed by atoms with Crippen molar-refractivity contribution in [1.82, 2.24) is 9.47 Å². The van der Waals surface area contributed by atoms with Gasteiger partial charge in [0, 0.05) is 45.5 Å². The third-order valence-electron chi connectivity index (χ3n) is 13.0. The zero-order valence-corrected chi connectivity index (χ0v) is 31.8. The lowest BCUT2D eigenvalue weighted by Gasteiger charge is -2.40. The zero-order valence-electron chi connectivity index (χ0n) is 31.8. The lowest BCUT2D eigenvalue weighted by atomic mass is 9.79. The number of para-hydroxylation sites is 1. The van der Waals surface area contributed by atoms with Crippen molar-refractivity contribution in [3.05, 3.63) is 210 Å². The Bertz CT molecular complexity index is 2840. The van der Waals surface area contributed by atoms with Gasteiger partial charge in [-0.05, 0) is 90.2 Å². The Morgan fingerprint density at radius 2 is 1.46 bits per heavy atom. The Balaban J connectivity index is 1.15. The number of rotatable bonds is 5. The fourth-order valence-corrected chi connectivity index (χ4v) is 10.1. The van der Waals surface area contributed by atoms with Crippen molar-refractivity contribution < 1.29 is 4.74 Å². The second-order valence-electron chi connectivity index (χ2n) is 16.2. The third-order valence-corrected chi connectivity index (χ3v) is 13.0. The standard InChI is InChI=1S/C53H44N2O/c1-53-30-14-13-22-45(53)51-50-43-21-11-12-23-46(43)55(42-29-28-36-17-9-10-20-40(36)31-42)49(50)34-44(52(51)56-53)41-32-47(38-18-7-4-8-19-38)54(2)48(33-41)39-26-24-37(25-27-39)35-15-5-3-6-16-35/h3-24,26-31,33-34,37,45,47-48H,25,32H2,1-2H3. The van der Waals surface area contributed by atoms with E-state index in [1.54, 1.807) is 0 Å². The van der Waals surface area contributed by atoms with E-state index in [-0.39, 0.29) is 18.0 Å². The second-order valence-corrected chi connectivity index (χ2v) is 16.2. The summed E-state index contributed by atoms with van der Waals surface area (Å²) in [4.78, 5) is 2.58. The highest BCUT2D eigenvalue weighted by atomic mass is 16.5. The maximum atomic E-state index is 7.29. The topological polar surface area (TPSA) is 17.4 Å². The molecule has 5 atom stereocenters. The van der Waals surface area contributed by atoms with E-state index in [4.69, 9.17) is 4.74 Å². The van der Waals surface area contributed by atoms with Gasteiger partial charge in [-0.3, -0.25) is 4.90 Å². The lowest BCUT2D eigenvalue weighted by molar-refractivity contribution is 0.154. The number of hydrogen-bond acceptors (Lipinski definition) is 2. The lowest BCUT2D eigenvalue weighted by Crippen LogP contribution is -2.38. The average Bonchev–Trinajstić information content (AvgIpc) is 3.75. The van der Waals surface area contributed by atoms with Crippen LogP contribution in [0.4, 0.5) is 0 Å². The van der Waals surface area contributed by atoms with Gasteiger partial charge in [-0.25, -0.2) is 0 Å². The maximum Gasteiger partial charge on any atom is 0.135 e. The van der Waals surface area contributed by atoms with E-state index in [0.29, 0.717) is 5.92 Å². The molecule has 4 aliphatic rings. The molecule has 3 nitrogen and oxygen atoms in total. The molecule has 272 valence electrons. The molecule has 0 amide bonds.